The highest BCUT2D eigenvalue weighted by molar-refractivity contribution is 5.02. The van der Waals surface area contributed by atoms with Gasteiger partial charge in [-0.1, -0.05) is 19.8 Å². The average Bonchev–Trinajstić information content (AvgIpc) is 2.53. The fourth-order valence-corrected chi connectivity index (χ4v) is 1.27. The Hall–Kier alpha value is -0.830. The number of nitrogens with two attached hydrogens (primary N) is 1. The smallest absolute Gasteiger partial charge is 0.0788 e. The number of hydrogen-bond donors (Lipinski definition) is 1. The van der Waals surface area contributed by atoms with Crippen LogP contribution >= 0.6 is 0 Å². The number of aryl methyl sites for hydroxylation is 1. The lowest BCUT2D eigenvalue weighted by molar-refractivity contribution is 0.543. The fourth-order valence-electron chi connectivity index (χ4n) is 1.27. The van der Waals surface area contributed by atoms with Crippen molar-refractivity contribution >= 4 is 0 Å². The summed E-state index contributed by atoms with van der Waals surface area (Å²) in [5, 5.41) is 4.37. The lowest BCUT2D eigenvalue weighted by atomic mass is 10.2. The summed E-state index contributed by atoms with van der Waals surface area (Å²) in [7, 11) is 0. The van der Waals surface area contributed by atoms with Crippen molar-refractivity contribution in [1.82, 2.24) is 9.78 Å². The maximum Gasteiger partial charge on any atom is 0.0788 e. The fraction of sp³-hybridized carbons (Fsp3) is 0.700. The van der Waals surface area contributed by atoms with Crippen molar-refractivity contribution in [2.24, 2.45) is 5.73 Å². The Morgan fingerprint density at radius 3 is 2.85 bits per heavy atom. The van der Waals surface area contributed by atoms with E-state index >= 15 is 0 Å². The van der Waals surface area contributed by atoms with Crippen LogP contribution in [0.15, 0.2) is 12.3 Å². The largest absolute Gasteiger partial charge is 0.323 e. The Morgan fingerprint density at radius 2 is 2.31 bits per heavy atom. The second-order valence-electron chi connectivity index (χ2n) is 3.50. The third-order valence-electron chi connectivity index (χ3n) is 2.12. The summed E-state index contributed by atoms with van der Waals surface area (Å²) in [6, 6.07) is 2.05. The molecule has 0 unspecified atom stereocenters. The van der Waals surface area contributed by atoms with Crippen molar-refractivity contribution in [2.75, 3.05) is 0 Å². The van der Waals surface area contributed by atoms with Crippen LogP contribution in [0.25, 0.3) is 0 Å². The van der Waals surface area contributed by atoms with Gasteiger partial charge >= 0.3 is 0 Å². The standard InChI is InChI=1S/C10H19N3/c1-3-4-5-7-13-8-6-10(12-13)9(2)11/h6,8-9H,3-5,7,11H2,1-2H3/t9-/m0/s1. The summed E-state index contributed by atoms with van der Waals surface area (Å²) >= 11 is 0. The Balaban J connectivity index is 2.40. The first-order valence-corrected chi connectivity index (χ1v) is 5.03. The van der Waals surface area contributed by atoms with E-state index in [1.807, 2.05) is 23.9 Å². The second-order valence-corrected chi connectivity index (χ2v) is 3.50. The first kappa shape index (κ1) is 10.3. The molecule has 0 aliphatic rings. The van der Waals surface area contributed by atoms with Crippen LogP contribution in [-0.4, -0.2) is 9.78 Å². The Morgan fingerprint density at radius 1 is 1.54 bits per heavy atom. The number of rotatable bonds is 5. The average molecular weight is 181 g/mol. The van der Waals surface area contributed by atoms with Gasteiger partial charge in [0.25, 0.3) is 0 Å². The van der Waals surface area contributed by atoms with Gasteiger partial charge in [-0.25, -0.2) is 0 Å². The van der Waals surface area contributed by atoms with Crippen molar-refractivity contribution in [2.45, 2.75) is 45.7 Å². The third kappa shape index (κ3) is 3.19. The van der Waals surface area contributed by atoms with Crippen LogP contribution in [0.3, 0.4) is 0 Å². The van der Waals surface area contributed by atoms with Gasteiger partial charge in [-0.3, -0.25) is 4.68 Å². The van der Waals surface area contributed by atoms with E-state index in [0.717, 1.165) is 12.2 Å². The van der Waals surface area contributed by atoms with E-state index in [4.69, 9.17) is 5.73 Å². The molecule has 2 N–H and O–H groups in total. The van der Waals surface area contributed by atoms with Crippen molar-refractivity contribution in [3.05, 3.63) is 18.0 Å². The molecule has 3 heteroatoms. The van der Waals surface area contributed by atoms with E-state index in [9.17, 15) is 0 Å². The molecule has 0 spiro atoms. The topological polar surface area (TPSA) is 43.8 Å². The minimum Gasteiger partial charge on any atom is -0.323 e. The van der Waals surface area contributed by atoms with Crippen molar-refractivity contribution in [1.29, 1.82) is 0 Å². The van der Waals surface area contributed by atoms with E-state index in [-0.39, 0.29) is 6.04 Å². The van der Waals surface area contributed by atoms with Gasteiger partial charge in [0, 0.05) is 18.8 Å². The molecule has 13 heavy (non-hydrogen) atoms. The molecule has 1 atom stereocenters. The van der Waals surface area contributed by atoms with E-state index < -0.39 is 0 Å². The normalized spacial score (nSPS) is 13.2. The van der Waals surface area contributed by atoms with E-state index in [1.165, 1.54) is 19.3 Å². The molecule has 0 bridgehead atoms. The van der Waals surface area contributed by atoms with E-state index in [0.29, 0.717) is 0 Å². The molecule has 0 saturated carbocycles. The Labute approximate surface area is 79.9 Å². The highest BCUT2D eigenvalue weighted by Crippen LogP contribution is 2.06. The molecule has 1 rings (SSSR count). The van der Waals surface area contributed by atoms with Gasteiger partial charge in [0.1, 0.15) is 0 Å². The van der Waals surface area contributed by atoms with Crippen molar-refractivity contribution < 1.29 is 0 Å². The maximum absolute atomic E-state index is 5.71. The quantitative estimate of drug-likeness (QED) is 0.707. The molecular formula is C10H19N3. The Bertz CT molecular complexity index is 240. The highest BCUT2D eigenvalue weighted by Gasteiger charge is 2.02. The molecule has 0 aromatic carbocycles. The molecule has 0 radical (unpaired) electrons. The molecule has 0 aliphatic carbocycles. The van der Waals surface area contributed by atoms with Crippen LogP contribution in [0.4, 0.5) is 0 Å². The zero-order valence-corrected chi connectivity index (χ0v) is 8.53. The van der Waals surface area contributed by atoms with Crippen LogP contribution in [0.2, 0.25) is 0 Å². The predicted molar refractivity (Wildman–Crippen MR) is 54.4 cm³/mol. The number of nitrogens with zero attached hydrogens (tertiary/aromatic N) is 2. The van der Waals surface area contributed by atoms with E-state index in [2.05, 4.69) is 12.0 Å². The molecule has 0 amide bonds. The van der Waals surface area contributed by atoms with E-state index in [1.54, 1.807) is 0 Å². The van der Waals surface area contributed by atoms with Crippen molar-refractivity contribution in [3.63, 3.8) is 0 Å². The molecule has 0 saturated heterocycles. The summed E-state index contributed by atoms with van der Waals surface area (Å²) in [5.41, 5.74) is 6.69. The number of hydrogen-bond acceptors (Lipinski definition) is 2. The first-order chi connectivity index (χ1) is 6.24. The van der Waals surface area contributed by atoms with Gasteiger partial charge in [0.15, 0.2) is 0 Å². The summed E-state index contributed by atoms with van der Waals surface area (Å²) in [5.74, 6) is 0. The highest BCUT2D eigenvalue weighted by atomic mass is 15.3. The van der Waals surface area contributed by atoms with Crippen LogP contribution < -0.4 is 5.73 Å². The lowest BCUT2D eigenvalue weighted by Gasteiger charge is -2.01. The molecule has 1 heterocycles. The summed E-state index contributed by atoms with van der Waals surface area (Å²) in [6.07, 6.45) is 5.74. The van der Waals surface area contributed by atoms with Gasteiger partial charge in [-0.05, 0) is 19.4 Å². The van der Waals surface area contributed by atoms with Gasteiger partial charge in [-0.15, -0.1) is 0 Å². The summed E-state index contributed by atoms with van der Waals surface area (Å²) < 4.78 is 1.98. The summed E-state index contributed by atoms with van der Waals surface area (Å²) in [4.78, 5) is 0. The van der Waals surface area contributed by atoms with Gasteiger partial charge in [0.05, 0.1) is 5.69 Å². The van der Waals surface area contributed by atoms with Crippen LogP contribution in [0, 0.1) is 0 Å². The zero-order valence-electron chi connectivity index (χ0n) is 8.53. The van der Waals surface area contributed by atoms with Crippen LogP contribution in [-0.2, 0) is 6.54 Å². The molecular weight excluding hydrogens is 162 g/mol. The minimum atomic E-state index is 0.0485. The van der Waals surface area contributed by atoms with Crippen LogP contribution in [0.5, 0.6) is 0 Å². The third-order valence-corrected chi connectivity index (χ3v) is 2.12. The Kier molecular flexibility index (Phi) is 3.96. The SMILES string of the molecule is CCCCCn1ccc([C@H](C)N)n1. The predicted octanol–water partition coefficient (Wildman–Crippen LogP) is 2.09. The number of unbranched alkanes of at least 4 members (excludes halogenated alkanes) is 2. The zero-order chi connectivity index (χ0) is 9.68. The van der Waals surface area contributed by atoms with Gasteiger partial charge < -0.3 is 5.73 Å². The number of aromatic nitrogens is 2. The molecule has 0 fully saturated rings. The van der Waals surface area contributed by atoms with Crippen molar-refractivity contribution in [3.8, 4) is 0 Å². The molecule has 74 valence electrons. The van der Waals surface area contributed by atoms with Gasteiger partial charge in [-0.2, -0.15) is 5.10 Å². The first-order valence-electron chi connectivity index (χ1n) is 5.03. The molecule has 1 aromatic heterocycles. The summed E-state index contributed by atoms with van der Waals surface area (Å²) in [6.45, 7) is 5.18. The maximum atomic E-state index is 5.71. The lowest BCUT2D eigenvalue weighted by Crippen LogP contribution is -2.07. The monoisotopic (exact) mass is 181 g/mol. The van der Waals surface area contributed by atoms with Gasteiger partial charge in [0.2, 0.25) is 0 Å². The minimum absolute atomic E-state index is 0.0485. The molecule has 1 aromatic rings. The molecule has 0 aliphatic heterocycles. The van der Waals surface area contributed by atoms with Crippen LogP contribution in [0.1, 0.15) is 44.8 Å². The molecule has 3 nitrogen and oxygen atoms in total. The second kappa shape index (κ2) is 5.02.